The number of benzene rings is 2. The normalized spacial score (nSPS) is 10.5. The summed E-state index contributed by atoms with van der Waals surface area (Å²) in [4.78, 5) is 21.9. The minimum absolute atomic E-state index is 0.0671. The van der Waals surface area contributed by atoms with Crippen LogP contribution in [0, 0.1) is 10.1 Å². The molecule has 0 spiro atoms. The van der Waals surface area contributed by atoms with Crippen molar-refractivity contribution in [3.05, 3.63) is 74.8 Å². The number of carbonyl (C=O) groups excluding carboxylic acids is 1. The van der Waals surface area contributed by atoms with Crippen molar-refractivity contribution in [2.24, 2.45) is 0 Å². The number of nitrogens with one attached hydrogen (secondary N) is 1. The van der Waals surface area contributed by atoms with Gasteiger partial charge in [-0.3, -0.25) is 14.9 Å². The largest absolute Gasteiger partial charge is 0.322 e. The Balaban J connectivity index is 2.07. The standard InChI is InChI=1S/C15H11BrN2O3/c16-14-7-2-1-4-11(14)8-9-15(19)17-12-5-3-6-13(10-12)18(20)21/h1-10H,(H,17,19)/b9-8+. The third-order valence-electron chi connectivity index (χ3n) is 2.64. The number of nitrogens with zero attached hydrogens (tertiary/aromatic N) is 1. The number of halogens is 1. The van der Waals surface area contributed by atoms with Crippen molar-refractivity contribution in [2.75, 3.05) is 5.32 Å². The highest BCUT2D eigenvalue weighted by Gasteiger charge is 2.06. The molecule has 1 N–H and O–H groups in total. The van der Waals surface area contributed by atoms with Crippen molar-refractivity contribution in [1.82, 2.24) is 0 Å². The summed E-state index contributed by atoms with van der Waals surface area (Å²) in [6.07, 6.45) is 3.04. The van der Waals surface area contributed by atoms with Crippen LogP contribution in [0.3, 0.4) is 0 Å². The van der Waals surface area contributed by atoms with Gasteiger partial charge in [0.2, 0.25) is 5.91 Å². The molecule has 0 saturated carbocycles. The highest BCUT2D eigenvalue weighted by Crippen LogP contribution is 2.18. The van der Waals surface area contributed by atoms with Crippen LogP contribution in [-0.4, -0.2) is 10.8 Å². The molecule has 5 nitrogen and oxygen atoms in total. The van der Waals surface area contributed by atoms with Crippen molar-refractivity contribution >= 4 is 39.3 Å². The Kier molecular flexibility index (Phi) is 4.84. The summed E-state index contributed by atoms with van der Waals surface area (Å²) in [5.74, 6) is -0.355. The van der Waals surface area contributed by atoms with Gasteiger partial charge in [-0.05, 0) is 23.8 Å². The maximum Gasteiger partial charge on any atom is 0.271 e. The molecular formula is C15H11BrN2O3. The molecule has 2 aromatic carbocycles. The number of nitro benzene ring substituents is 1. The quantitative estimate of drug-likeness (QED) is 0.516. The van der Waals surface area contributed by atoms with Crippen LogP contribution in [0.2, 0.25) is 0 Å². The van der Waals surface area contributed by atoms with Crippen LogP contribution < -0.4 is 5.32 Å². The summed E-state index contributed by atoms with van der Waals surface area (Å²) in [5.41, 5.74) is 1.18. The molecule has 0 heterocycles. The van der Waals surface area contributed by atoms with Crippen LogP contribution >= 0.6 is 15.9 Å². The average molecular weight is 347 g/mol. The summed E-state index contributed by atoms with van der Waals surface area (Å²) in [6.45, 7) is 0. The molecule has 0 bridgehead atoms. The second-order valence-electron chi connectivity index (χ2n) is 4.15. The van der Waals surface area contributed by atoms with Gasteiger partial charge in [0, 0.05) is 28.4 Å². The molecule has 0 radical (unpaired) electrons. The molecule has 0 aliphatic rings. The summed E-state index contributed by atoms with van der Waals surface area (Å²) < 4.78 is 0.879. The molecule has 0 unspecified atom stereocenters. The molecule has 0 aliphatic heterocycles. The third-order valence-corrected chi connectivity index (χ3v) is 3.37. The third kappa shape index (κ3) is 4.25. The summed E-state index contributed by atoms with van der Waals surface area (Å²) in [7, 11) is 0. The molecule has 6 heteroatoms. The minimum Gasteiger partial charge on any atom is -0.322 e. The molecule has 0 atom stereocenters. The highest BCUT2D eigenvalue weighted by atomic mass is 79.9. The van der Waals surface area contributed by atoms with E-state index in [4.69, 9.17) is 0 Å². The second-order valence-corrected chi connectivity index (χ2v) is 5.01. The Morgan fingerprint density at radius 2 is 1.95 bits per heavy atom. The van der Waals surface area contributed by atoms with E-state index < -0.39 is 4.92 Å². The number of non-ortho nitro benzene ring substituents is 1. The number of hydrogen-bond donors (Lipinski definition) is 1. The Bertz CT molecular complexity index is 714. The van der Waals surface area contributed by atoms with E-state index in [2.05, 4.69) is 21.2 Å². The van der Waals surface area contributed by atoms with Gasteiger partial charge in [0.15, 0.2) is 0 Å². The van der Waals surface area contributed by atoms with Crippen LogP contribution in [0.5, 0.6) is 0 Å². The number of hydrogen-bond acceptors (Lipinski definition) is 3. The van der Waals surface area contributed by atoms with Gasteiger partial charge in [-0.15, -0.1) is 0 Å². The number of carbonyl (C=O) groups is 1. The first kappa shape index (κ1) is 14.9. The fourth-order valence-corrected chi connectivity index (χ4v) is 2.07. The van der Waals surface area contributed by atoms with Crippen LogP contribution in [0.25, 0.3) is 6.08 Å². The van der Waals surface area contributed by atoms with Gasteiger partial charge in [-0.2, -0.15) is 0 Å². The van der Waals surface area contributed by atoms with Gasteiger partial charge in [-0.25, -0.2) is 0 Å². The second kappa shape index (κ2) is 6.81. The predicted octanol–water partition coefficient (Wildman–Crippen LogP) is 4.01. The van der Waals surface area contributed by atoms with E-state index in [-0.39, 0.29) is 11.6 Å². The predicted molar refractivity (Wildman–Crippen MR) is 84.9 cm³/mol. The van der Waals surface area contributed by atoms with Gasteiger partial charge >= 0.3 is 0 Å². The molecule has 21 heavy (non-hydrogen) atoms. The lowest BCUT2D eigenvalue weighted by atomic mass is 10.2. The zero-order chi connectivity index (χ0) is 15.2. The summed E-state index contributed by atoms with van der Waals surface area (Å²) in [6, 6.07) is 13.3. The molecular weight excluding hydrogens is 336 g/mol. The number of amides is 1. The minimum atomic E-state index is -0.507. The monoisotopic (exact) mass is 346 g/mol. The zero-order valence-corrected chi connectivity index (χ0v) is 12.4. The van der Waals surface area contributed by atoms with Crippen molar-refractivity contribution in [3.63, 3.8) is 0 Å². The van der Waals surface area contributed by atoms with Crippen LogP contribution in [0.15, 0.2) is 59.1 Å². The highest BCUT2D eigenvalue weighted by molar-refractivity contribution is 9.10. The fourth-order valence-electron chi connectivity index (χ4n) is 1.66. The molecule has 0 fully saturated rings. The molecule has 2 aromatic rings. The summed E-state index contributed by atoms with van der Waals surface area (Å²) >= 11 is 3.38. The fraction of sp³-hybridized carbons (Fsp3) is 0. The molecule has 0 aliphatic carbocycles. The van der Waals surface area contributed by atoms with Crippen LogP contribution in [0.4, 0.5) is 11.4 Å². The molecule has 0 aromatic heterocycles. The Hall–Kier alpha value is -2.47. The van der Waals surface area contributed by atoms with E-state index in [1.54, 1.807) is 12.1 Å². The molecule has 1 amide bonds. The van der Waals surface area contributed by atoms with Crippen molar-refractivity contribution < 1.29 is 9.72 Å². The Morgan fingerprint density at radius 3 is 2.67 bits per heavy atom. The lowest BCUT2D eigenvalue weighted by Crippen LogP contribution is -2.07. The van der Waals surface area contributed by atoms with Crippen LogP contribution in [-0.2, 0) is 4.79 Å². The van der Waals surface area contributed by atoms with Crippen molar-refractivity contribution in [1.29, 1.82) is 0 Å². The van der Waals surface area contributed by atoms with E-state index in [9.17, 15) is 14.9 Å². The van der Waals surface area contributed by atoms with Gasteiger partial charge in [0.25, 0.3) is 5.69 Å². The number of nitro groups is 1. The van der Waals surface area contributed by atoms with Crippen LogP contribution in [0.1, 0.15) is 5.56 Å². The van der Waals surface area contributed by atoms with Crippen molar-refractivity contribution in [3.8, 4) is 0 Å². The molecule has 0 saturated heterocycles. The first-order chi connectivity index (χ1) is 10.1. The first-order valence-electron chi connectivity index (χ1n) is 6.04. The maximum absolute atomic E-state index is 11.8. The molecule has 2 rings (SSSR count). The topological polar surface area (TPSA) is 72.2 Å². The Labute approximate surface area is 129 Å². The van der Waals surface area contributed by atoms with E-state index >= 15 is 0 Å². The smallest absolute Gasteiger partial charge is 0.271 e. The maximum atomic E-state index is 11.8. The lowest BCUT2D eigenvalue weighted by Gasteiger charge is -2.02. The molecule has 106 valence electrons. The lowest BCUT2D eigenvalue weighted by molar-refractivity contribution is -0.384. The SMILES string of the molecule is O=C(/C=C/c1ccccc1Br)Nc1cccc([N+](=O)[O-])c1. The van der Waals surface area contributed by atoms with E-state index in [0.29, 0.717) is 5.69 Å². The number of anilines is 1. The average Bonchev–Trinajstić information content (AvgIpc) is 2.46. The van der Waals surface area contributed by atoms with Gasteiger partial charge < -0.3 is 5.32 Å². The van der Waals surface area contributed by atoms with E-state index in [1.165, 1.54) is 24.3 Å². The summed E-state index contributed by atoms with van der Waals surface area (Å²) in [5, 5.41) is 13.2. The van der Waals surface area contributed by atoms with E-state index in [0.717, 1.165) is 10.0 Å². The van der Waals surface area contributed by atoms with Crippen molar-refractivity contribution in [2.45, 2.75) is 0 Å². The zero-order valence-electron chi connectivity index (χ0n) is 10.8. The number of rotatable bonds is 4. The van der Waals surface area contributed by atoms with Gasteiger partial charge in [0.05, 0.1) is 4.92 Å². The first-order valence-corrected chi connectivity index (χ1v) is 6.83. The Morgan fingerprint density at radius 1 is 1.19 bits per heavy atom. The van der Waals surface area contributed by atoms with Gasteiger partial charge in [-0.1, -0.05) is 40.2 Å². The van der Waals surface area contributed by atoms with E-state index in [1.807, 2.05) is 24.3 Å². The van der Waals surface area contributed by atoms with Gasteiger partial charge in [0.1, 0.15) is 0 Å².